The second-order valence-electron chi connectivity index (χ2n) is 6.76. The van der Waals surface area contributed by atoms with Gasteiger partial charge >= 0.3 is 0 Å². The lowest BCUT2D eigenvalue weighted by atomic mass is 10.1. The minimum absolute atomic E-state index is 0.116. The Balaban J connectivity index is 1.92. The van der Waals surface area contributed by atoms with Crippen molar-refractivity contribution in [3.05, 3.63) is 105 Å². The number of benzene rings is 3. The van der Waals surface area contributed by atoms with Crippen molar-refractivity contribution in [3.63, 3.8) is 0 Å². The first kappa shape index (κ1) is 18.0. The third kappa shape index (κ3) is 3.01. The molecule has 2 heterocycles. The summed E-state index contributed by atoms with van der Waals surface area (Å²) in [6.45, 7) is 0.260. The van der Waals surface area contributed by atoms with E-state index in [0.29, 0.717) is 9.34 Å². The number of thiazole rings is 1. The van der Waals surface area contributed by atoms with E-state index in [4.69, 9.17) is 12.2 Å². The molecule has 0 bridgehead atoms. The van der Waals surface area contributed by atoms with E-state index >= 15 is 0 Å². The third-order valence-corrected chi connectivity index (χ3v) is 6.34. The molecule has 142 valence electrons. The second-order valence-corrected chi connectivity index (χ2v) is 8.40. The van der Waals surface area contributed by atoms with E-state index in [1.165, 1.54) is 23.5 Å². The zero-order valence-electron chi connectivity index (χ0n) is 15.2. The van der Waals surface area contributed by atoms with Gasteiger partial charge in [-0.3, -0.25) is 13.8 Å². The fourth-order valence-electron chi connectivity index (χ4n) is 3.66. The van der Waals surface area contributed by atoms with Gasteiger partial charge in [0.25, 0.3) is 5.56 Å². The highest BCUT2D eigenvalue weighted by atomic mass is 32.1. The van der Waals surface area contributed by atoms with Crippen molar-refractivity contribution in [1.82, 2.24) is 8.97 Å². The van der Waals surface area contributed by atoms with Gasteiger partial charge in [-0.15, -0.1) is 11.3 Å². The Morgan fingerprint density at radius 2 is 1.69 bits per heavy atom. The van der Waals surface area contributed by atoms with Crippen molar-refractivity contribution < 1.29 is 4.39 Å². The van der Waals surface area contributed by atoms with E-state index in [1.807, 2.05) is 59.0 Å². The monoisotopic (exact) mass is 418 g/mol. The summed E-state index contributed by atoms with van der Waals surface area (Å²) in [5.41, 5.74) is 3.12. The Bertz CT molecular complexity index is 1480. The Morgan fingerprint density at radius 3 is 2.48 bits per heavy atom. The predicted molar refractivity (Wildman–Crippen MR) is 119 cm³/mol. The zero-order valence-corrected chi connectivity index (χ0v) is 16.8. The van der Waals surface area contributed by atoms with E-state index in [0.717, 1.165) is 27.2 Å². The number of aromatic nitrogens is 2. The van der Waals surface area contributed by atoms with E-state index in [-0.39, 0.29) is 17.9 Å². The summed E-state index contributed by atoms with van der Waals surface area (Å²) in [4.78, 5) is 14.4. The van der Waals surface area contributed by atoms with Crippen LogP contribution in [-0.2, 0) is 6.54 Å². The standard InChI is InChI=1S/C23H15FN2OS2/c24-17-10-6-7-15(13-17)14-25-21-20(16-8-2-1-3-9-16)29-23(28)26(21)19-12-5-4-11-18(19)22(25)27/h1-13H,14H2. The van der Waals surface area contributed by atoms with Crippen LogP contribution in [0.1, 0.15) is 5.56 Å². The molecule has 0 saturated carbocycles. The second kappa shape index (κ2) is 7.06. The highest BCUT2D eigenvalue weighted by Gasteiger charge is 2.18. The number of rotatable bonds is 3. The molecule has 5 rings (SSSR count). The molecule has 5 aromatic rings. The highest BCUT2D eigenvalue weighted by molar-refractivity contribution is 7.73. The van der Waals surface area contributed by atoms with Crippen LogP contribution in [0.2, 0.25) is 0 Å². The molecule has 0 saturated heterocycles. The normalized spacial score (nSPS) is 11.3. The molecule has 0 aliphatic heterocycles. The van der Waals surface area contributed by atoms with Crippen molar-refractivity contribution in [2.24, 2.45) is 0 Å². The van der Waals surface area contributed by atoms with Gasteiger partial charge in [0.2, 0.25) is 0 Å². The van der Waals surface area contributed by atoms with Gasteiger partial charge in [-0.25, -0.2) is 4.39 Å². The summed E-state index contributed by atoms with van der Waals surface area (Å²) in [7, 11) is 0. The lowest BCUT2D eigenvalue weighted by molar-refractivity contribution is 0.623. The van der Waals surface area contributed by atoms with Gasteiger partial charge in [0.15, 0.2) is 3.95 Å². The van der Waals surface area contributed by atoms with E-state index in [1.54, 1.807) is 16.7 Å². The molecule has 0 spiro atoms. The summed E-state index contributed by atoms with van der Waals surface area (Å²) in [5, 5.41) is 0.588. The molecular weight excluding hydrogens is 403 g/mol. The minimum Gasteiger partial charge on any atom is -0.288 e. The van der Waals surface area contributed by atoms with E-state index in [2.05, 4.69) is 0 Å². The van der Waals surface area contributed by atoms with Gasteiger partial charge in [0.05, 0.1) is 22.3 Å². The topological polar surface area (TPSA) is 26.4 Å². The molecule has 0 radical (unpaired) electrons. The number of hydrogen-bond donors (Lipinski definition) is 0. The lowest BCUT2D eigenvalue weighted by Gasteiger charge is -2.13. The molecule has 0 fully saturated rings. The SMILES string of the molecule is O=c1c2ccccc2n2c(=S)sc(-c3ccccc3)c2n1Cc1cccc(F)c1. The van der Waals surface area contributed by atoms with Crippen molar-refractivity contribution in [2.45, 2.75) is 6.54 Å². The predicted octanol–water partition coefficient (Wildman–Crippen LogP) is 5.90. The maximum atomic E-state index is 13.8. The largest absolute Gasteiger partial charge is 0.288 e. The molecule has 3 aromatic carbocycles. The first-order valence-electron chi connectivity index (χ1n) is 9.10. The van der Waals surface area contributed by atoms with Crippen molar-refractivity contribution in [3.8, 4) is 10.4 Å². The summed E-state index contributed by atoms with van der Waals surface area (Å²) in [6, 6.07) is 23.7. The van der Waals surface area contributed by atoms with Gasteiger partial charge in [-0.2, -0.15) is 0 Å². The smallest absolute Gasteiger partial charge is 0.261 e. The quantitative estimate of drug-likeness (QED) is 0.341. The summed E-state index contributed by atoms with van der Waals surface area (Å²) < 4.78 is 18.1. The van der Waals surface area contributed by atoms with Crippen molar-refractivity contribution in [1.29, 1.82) is 0 Å². The van der Waals surface area contributed by atoms with Crippen LogP contribution >= 0.6 is 23.6 Å². The van der Waals surface area contributed by atoms with Gasteiger partial charge in [0, 0.05) is 0 Å². The van der Waals surface area contributed by atoms with Crippen molar-refractivity contribution >= 4 is 40.1 Å². The molecule has 0 aliphatic carbocycles. The van der Waals surface area contributed by atoms with Crippen LogP contribution in [0.3, 0.4) is 0 Å². The zero-order chi connectivity index (χ0) is 20.0. The number of hydrogen-bond acceptors (Lipinski definition) is 3. The molecule has 2 aromatic heterocycles. The number of para-hydroxylation sites is 1. The Kier molecular flexibility index (Phi) is 4.38. The van der Waals surface area contributed by atoms with Crippen LogP contribution in [0.5, 0.6) is 0 Å². The van der Waals surface area contributed by atoms with Crippen LogP contribution in [0.15, 0.2) is 83.7 Å². The van der Waals surface area contributed by atoms with Gasteiger partial charge in [0.1, 0.15) is 11.5 Å². The van der Waals surface area contributed by atoms with Crippen molar-refractivity contribution in [2.75, 3.05) is 0 Å². The third-order valence-electron chi connectivity index (χ3n) is 4.93. The van der Waals surface area contributed by atoms with Crippen LogP contribution < -0.4 is 5.56 Å². The molecular formula is C23H15FN2OS2. The maximum absolute atomic E-state index is 13.8. The van der Waals surface area contributed by atoms with E-state index < -0.39 is 0 Å². The number of halogens is 1. The molecule has 3 nitrogen and oxygen atoms in total. The maximum Gasteiger partial charge on any atom is 0.261 e. The van der Waals surface area contributed by atoms with Gasteiger partial charge in [-0.05, 0) is 47.6 Å². The lowest BCUT2D eigenvalue weighted by Crippen LogP contribution is -2.23. The van der Waals surface area contributed by atoms with Gasteiger partial charge < -0.3 is 0 Å². The van der Waals surface area contributed by atoms with Crippen LogP contribution in [0, 0.1) is 9.77 Å². The minimum atomic E-state index is -0.321. The number of nitrogens with zero attached hydrogens (tertiary/aromatic N) is 2. The van der Waals surface area contributed by atoms with Crippen LogP contribution in [0.4, 0.5) is 4.39 Å². The average Bonchev–Trinajstić information content (AvgIpc) is 3.09. The molecule has 0 aliphatic rings. The van der Waals surface area contributed by atoms with E-state index in [9.17, 15) is 9.18 Å². The summed E-state index contributed by atoms with van der Waals surface area (Å²) >= 11 is 7.17. The number of fused-ring (bicyclic) bond motifs is 3. The van der Waals surface area contributed by atoms with Crippen LogP contribution in [-0.4, -0.2) is 8.97 Å². The Hall–Kier alpha value is -3.09. The fraction of sp³-hybridized carbons (Fsp3) is 0.0435. The van der Waals surface area contributed by atoms with Gasteiger partial charge in [-0.1, -0.05) is 54.6 Å². The summed E-state index contributed by atoms with van der Waals surface area (Å²) in [6.07, 6.45) is 0. The molecule has 29 heavy (non-hydrogen) atoms. The fourth-order valence-corrected chi connectivity index (χ4v) is 5.09. The Labute approximate surface area is 174 Å². The van der Waals surface area contributed by atoms with Crippen LogP contribution in [0.25, 0.3) is 27.0 Å². The first-order chi connectivity index (χ1) is 14.1. The highest BCUT2D eigenvalue weighted by Crippen LogP contribution is 2.33. The molecule has 0 N–H and O–H groups in total. The molecule has 0 amide bonds. The first-order valence-corrected chi connectivity index (χ1v) is 10.3. The Morgan fingerprint density at radius 1 is 0.931 bits per heavy atom. The molecule has 6 heteroatoms. The summed E-state index contributed by atoms with van der Waals surface area (Å²) in [5.74, 6) is -0.321. The molecule has 0 atom stereocenters. The average molecular weight is 419 g/mol. The molecule has 0 unspecified atom stereocenters.